The van der Waals surface area contributed by atoms with Crippen LogP contribution in [0, 0.1) is 0 Å². The molecule has 5 heteroatoms. The van der Waals surface area contributed by atoms with Gasteiger partial charge >= 0.3 is 5.97 Å². The zero-order chi connectivity index (χ0) is 8.15. The third-order valence-corrected chi connectivity index (χ3v) is 2.13. The second kappa shape index (κ2) is 5.10. The SMILES string of the molecule is CCOC(=O)C(S)C(Cl)Cl. The molecule has 0 rings (SSSR count). The van der Waals surface area contributed by atoms with E-state index in [0.29, 0.717) is 6.61 Å². The standard InChI is InChI=1S/C5H8Cl2O2S/c1-2-9-5(8)3(10)4(6)7/h3-4,10H,2H2,1H3. The molecule has 1 unspecified atom stereocenters. The Labute approximate surface area is 75.2 Å². The van der Waals surface area contributed by atoms with Gasteiger partial charge in [0.25, 0.3) is 0 Å². The van der Waals surface area contributed by atoms with Crippen molar-refractivity contribution >= 4 is 41.8 Å². The van der Waals surface area contributed by atoms with E-state index in [2.05, 4.69) is 17.4 Å². The van der Waals surface area contributed by atoms with Gasteiger partial charge in [0.05, 0.1) is 6.61 Å². The van der Waals surface area contributed by atoms with Crippen LogP contribution in [0.4, 0.5) is 0 Å². The summed E-state index contributed by atoms with van der Waals surface area (Å²) in [6.45, 7) is 2.02. The van der Waals surface area contributed by atoms with Crippen molar-refractivity contribution in [3.8, 4) is 0 Å². The average Bonchev–Trinajstić information content (AvgIpc) is 1.87. The highest BCUT2D eigenvalue weighted by molar-refractivity contribution is 7.82. The van der Waals surface area contributed by atoms with E-state index >= 15 is 0 Å². The molecule has 0 aromatic carbocycles. The van der Waals surface area contributed by atoms with Crippen molar-refractivity contribution in [2.75, 3.05) is 6.61 Å². The number of carbonyl (C=O) groups is 1. The summed E-state index contributed by atoms with van der Waals surface area (Å²) >= 11 is 14.5. The van der Waals surface area contributed by atoms with Gasteiger partial charge in [-0.2, -0.15) is 12.6 Å². The summed E-state index contributed by atoms with van der Waals surface area (Å²) in [7, 11) is 0. The van der Waals surface area contributed by atoms with Gasteiger partial charge in [-0.1, -0.05) is 0 Å². The summed E-state index contributed by atoms with van der Waals surface area (Å²) in [6, 6.07) is 0. The van der Waals surface area contributed by atoms with E-state index in [1.54, 1.807) is 6.92 Å². The summed E-state index contributed by atoms with van der Waals surface area (Å²) in [5.74, 6) is -0.485. The van der Waals surface area contributed by atoms with Crippen LogP contribution in [-0.2, 0) is 9.53 Å². The third-order valence-electron chi connectivity index (χ3n) is 0.767. The second-order valence-corrected chi connectivity index (χ2v) is 3.25. The van der Waals surface area contributed by atoms with Crippen LogP contribution in [0.3, 0.4) is 0 Å². The Hall–Kier alpha value is 0.400. The molecule has 0 aliphatic carbocycles. The summed E-state index contributed by atoms with van der Waals surface area (Å²) in [5, 5.41) is -0.747. The first-order chi connectivity index (χ1) is 4.59. The van der Waals surface area contributed by atoms with Crippen LogP contribution in [0.15, 0.2) is 0 Å². The number of halogens is 2. The maximum atomic E-state index is 10.7. The number of hydrogen-bond donors (Lipinski definition) is 1. The van der Waals surface area contributed by atoms with Crippen LogP contribution in [0.25, 0.3) is 0 Å². The molecule has 1 atom stereocenters. The maximum absolute atomic E-state index is 10.7. The Bertz CT molecular complexity index is 118. The molecule has 0 aromatic rings. The summed E-state index contributed by atoms with van der Waals surface area (Å²) in [4.78, 5) is 9.90. The molecule has 0 N–H and O–H groups in total. The van der Waals surface area contributed by atoms with Crippen molar-refractivity contribution in [1.82, 2.24) is 0 Å². The van der Waals surface area contributed by atoms with Crippen molar-refractivity contribution in [2.24, 2.45) is 0 Å². The van der Waals surface area contributed by atoms with E-state index in [0.717, 1.165) is 0 Å². The molecule has 0 fully saturated rings. The molecule has 0 aromatic heterocycles. The van der Waals surface area contributed by atoms with Crippen LogP contribution in [-0.4, -0.2) is 22.7 Å². The number of thiol groups is 1. The molecule has 0 saturated carbocycles. The van der Waals surface area contributed by atoms with Gasteiger partial charge in [0.15, 0.2) is 0 Å². The van der Waals surface area contributed by atoms with Crippen molar-refractivity contribution in [2.45, 2.75) is 17.0 Å². The molecule has 0 radical (unpaired) electrons. The van der Waals surface area contributed by atoms with Crippen molar-refractivity contribution in [1.29, 1.82) is 0 Å². The molecule has 10 heavy (non-hydrogen) atoms. The monoisotopic (exact) mass is 202 g/mol. The molecule has 0 spiro atoms. The summed E-state index contributed by atoms with van der Waals surface area (Å²) < 4.78 is 4.58. The Morgan fingerprint density at radius 2 is 2.20 bits per heavy atom. The lowest BCUT2D eigenvalue weighted by atomic mass is 10.5. The van der Waals surface area contributed by atoms with Crippen molar-refractivity contribution in [3.05, 3.63) is 0 Å². The average molecular weight is 203 g/mol. The first-order valence-electron chi connectivity index (χ1n) is 2.72. The first-order valence-corrected chi connectivity index (χ1v) is 4.11. The van der Waals surface area contributed by atoms with Crippen LogP contribution in [0.5, 0.6) is 0 Å². The van der Waals surface area contributed by atoms with Gasteiger partial charge in [-0.3, -0.25) is 4.79 Å². The van der Waals surface area contributed by atoms with E-state index in [-0.39, 0.29) is 0 Å². The Kier molecular flexibility index (Phi) is 5.31. The molecule has 0 saturated heterocycles. The first kappa shape index (κ1) is 10.4. The Morgan fingerprint density at radius 1 is 1.70 bits per heavy atom. The normalized spacial score (nSPS) is 13.3. The van der Waals surface area contributed by atoms with E-state index in [1.807, 2.05) is 0 Å². The highest BCUT2D eigenvalue weighted by atomic mass is 35.5. The van der Waals surface area contributed by atoms with Gasteiger partial charge in [-0.05, 0) is 6.92 Å². The number of alkyl halides is 2. The Morgan fingerprint density at radius 3 is 2.50 bits per heavy atom. The smallest absolute Gasteiger partial charge is 0.321 e. The minimum Gasteiger partial charge on any atom is -0.465 e. The molecular formula is C5H8Cl2O2S. The Balaban J connectivity index is 3.71. The van der Waals surface area contributed by atoms with Gasteiger partial charge < -0.3 is 4.74 Å². The highest BCUT2D eigenvalue weighted by Crippen LogP contribution is 2.14. The number of ether oxygens (including phenoxy) is 1. The predicted octanol–water partition coefficient (Wildman–Crippen LogP) is 1.65. The molecule has 0 heterocycles. The topological polar surface area (TPSA) is 26.3 Å². The predicted molar refractivity (Wildman–Crippen MR) is 44.9 cm³/mol. The fourth-order valence-corrected chi connectivity index (χ4v) is 0.611. The largest absolute Gasteiger partial charge is 0.465 e. The second-order valence-electron chi connectivity index (χ2n) is 1.53. The minimum atomic E-state index is -0.817. The van der Waals surface area contributed by atoms with Crippen LogP contribution in [0.1, 0.15) is 6.92 Å². The number of esters is 1. The number of carbonyl (C=O) groups excluding carboxylic acids is 1. The lowest BCUT2D eigenvalue weighted by Gasteiger charge is -2.08. The molecule has 60 valence electrons. The van der Waals surface area contributed by atoms with E-state index in [9.17, 15) is 4.79 Å². The van der Waals surface area contributed by atoms with E-state index in [4.69, 9.17) is 23.2 Å². The van der Waals surface area contributed by atoms with E-state index in [1.165, 1.54) is 0 Å². The lowest BCUT2D eigenvalue weighted by molar-refractivity contribution is -0.142. The lowest BCUT2D eigenvalue weighted by Crippen LogP contribution is -2.23. The minimum absolute atomic E-state index is 0.316. The summed E-state index contributed by atoms with van der Waals surface area (Å²) in [5.41, 5.74) is 0. The van der Waals surface area contributed by atoms with Gasteiger partial charge in [0, 0.05) is 0 Å². The van der Waals surface area contributed by atoms with Crippen LogP contribution < -0.4 is 0 Å². The van der Waals surface area contributed by atoms with E-state index < -0.39 is 16.1 Å². The maximum Gasteiger partial charge on any atom is 0.321 e. The van der Waals surface area contributed by atoms with Gasteiger partial charge in [0.2, 0.25) is 0 Å². The fourth-order valence-electron chi connectivity index (χ4n) is 0.331. The van der Waals surface area contributed by atoms with Gasteiger partial charge in [-0.25, -0.2) is 0 Å². The molecule has 0 bridgehead atoms. The molecule has 2 nitrogen and oxygen atoms in total. The summed E-state index contributed by atoms with van der Waals surface area (Å²) in [6.07, 6.45) is 0. The van der Waals surface area contributed by atoms with Crippen LogP contribution >= 0.6 is 35.8 Å². The van der Waals surface area contributed by atoms with Crippen LogP contribution in [0.2, 0.25) is 0 Å². The zero-order valence-electron chi connectivity index (χ0n) is 5.38. The third kappa shape index (κ3) is 3.54. The molecule has 0 aliphatic heterocycles. The number of hydrogen-bond acceptors (Lipinski definition) is 3. The van der Waals surface area contributed by atoms with Gasteiger partial charge in [0.1, 0.15) is 10.1 Å². The van der Waals surface area contributed by atoms with Crippen molar-refractivity contribution in [3.63, 3.8) is 0 Å². The highest BCUT2D eigenvalue weighted by Gasteiger charge is 2.21. The zero-order valence-corrected chi connectivity index (χ0v) is 7.79. The number of rotatable bonds is 3. The molecule has 0 aliphatic rings. The quantitative estimate of drug-likeness (QED) is 0.428. The van der Waals surface area contributed by atoms with Gasteiger partial charge in [-0.15, -0.1) is 23.2 Å². The fraction of sp³-hybridized carbons (Fsp3) is 0.800. The molecular weight excluding hydrogens is 195 g/mol. The van der Waals surface area contributed by atoms with Crippen molar-refractivity contribution < 1.29 is 9.53 Å². The molecule has 0 amide bonds.